The lowest BCUT2D eigenvalue weighted by Crippen LogP contribution is -2.51. The fourth-order valence-electron chi connectivity index (χ4n) is 0.617. The Labute approximate surface area is 77.5 Å². The molecule has 0 aromatic rings. The third-order valence-corrected chi connectivity index (χ3v) is 1.82. The summed E-state index contributed by atoms with van der Waals surface area (Å²) >= 11 is 0. The van der Waals surface area contributed by atoms with Crippen LogP contribution in [0.3, 0.4) is 0 Å². The van der Waals surface area contributed by atoms with Crippen molar-refractivity contribution < 1.29 is 14.7 Å². The number of aliphatic carboxylic acids is 1. The van der Waals surface area contributed by atoms with Crippen molar-refractivity contribution >= 4 is 11.9 Å². The van der Waals surface area contributed by atoms with Gasteiger partial charge < -0.3 is 15.7 Å². The van der Waals surface area contributed by atoms with Crippen molar-refractivity contribution in [1.82, 2.24) is 10.6 Å². The van der Waals surface area contributed by atoms with Gasteiger partial charge in [-0.15, -0.1) is 0 Å². The molecule has 0 heterocycles. The molecular formula is C8H16N2O3. The van der Waals surface area contributed by atoms with Crippen LogP contribution in [-0.2, 0) is 9.59 Å². The molecular weight excluding hydrogens is 172 g/mol. The van der Waals surface area contributed by atoms with Crippen molar-refractivity contribution in [3.63, 3.8) is 0 Å². The van der Waals surface area contributed by atoms with Crippen molar-refractivity contribution in [1.29, 1.82) is 0 Å². The fraction of sp³-hybridized carbons (Fsp3) is 0.750. The van der Waals surface area contributed by atoms with Gasteiger partial charge in [-0.3, -0.25) is 9.59 Å². The average molecular weight is 188 g/mol. The quantitative estimate of drug-likeness (QED) is 0.547. The van der Waals surface area contributed by atoms with Crippen LogP contribution >= 0.6 is 0 Å². The Morgan fingerprint density at radius 3 is 2.31 bits per heavy atom. The van der Waals surface area contributed by atoms with Crippen LogP contribution < -0.4 is 10.6 Å². The van der Waals surface area contributed by atoms with E-state index in [0.29, 0.717) is 0 Å². The second-order valence-electron chi connectivity index (χ2n) is 3.27. The van der Waals surface area contributed by atoms with Gasteiger partial charge in [-0.1, -0.05) is 0 Å². The summed E-state index contributed by atoms with van der Waals surface area (Å²) in [6.45, 7) is 3.62. The number of carbonyl (C=O) groups excluding carboxylic acids is 1. The van der Waals surface area contributed by atoms with Gasteiger partial charge in [0.1, 0.15) is 0 Å². The Balaban J connectivity index is 3.81. The molecule has 0 aliphatic rings. The molecule has 76 valence electrons. The number of nitrogens with one attached hydrogen (secondary N) is 2. The monoisotopic (exact) mass is 188 g/mol. The minimum absolute atomic E-state index is 0.0501. The highest BCUT2D eigenvalue weighted by atomic mass is 16.4. The minimum Gasteiger partial charge on any atom is -0.481 e. The summed E-state index contributed by atoms with van der Waals surface area (Å²) in [7, 11) is 1.68. The van der Waals surface area contributed by atoms with Gasteiger partial charge in [-0.2, -0.15) is 0 Å². The van der Waals surface area contributed by atoms with Crippen molar-refractivity contribution in [3.8, 4) is 0 Å². The zero-order valence-corrected chi connectivity index (χ0v) is 8.18. The first-order chi connectivity index (χ1) is 5.90. The number of likely N-dealkylation sites (N-methyl/N-ethyl adjacent to an activating group) is 1. The summed E-state index contributed by atoms with van der Waals surface area (Å²) in [5, 5.41) is 13.7. The highest BCUT2D eigenvalue weighted by Gasteiger charge is 2.24. The van der Waals surface area contributed by atoms with Crippen molar-refractivity contribution in [2.75, 3.05) is 13.6 Å². The molecule has 0 fully saturated rings. The summed E-state index contributed by atoms with van der Waals surface area (Å²) in [6.07, 6.45) is -0.0501. The van der Waals surface area contributed by atoms with E-state index in [-0.39, 0.29) is 18.9 Å². The van der Waals surface area contributed by atoms with Crippen molar-refractivity contribution in [3.05, 3.63) is 0 Å². The van der Waals surface area contributed by atoms with Crippen LogP contribution in [0.2, 0.25) is 0 Å². The lowest BCUT2D eigenvalue weighted by molar-refractivity contribution is -0.137. The normalized spacial score (nSPS) is 11.0. The smallest absolute Gasteiger partial charge is 0.305 e. The van der Waals surface area contributed by atoms with E-state index in [1.807, 2.05) is 0 Å². The molecule has 3 N–H and O–H groups in total. The first-order valence-corrected chi connectivity index (χ1v) is 4.09. The molecule has 13 heavy (non-hydrogen) atoms. The second-order valence-corrected chi connectivity index (χ2v) is 3.27. The molecule has 0 aliphatic carbocycles. The predicted octanol–water partition coefficient (Wildman–Crippen LogP) is -0.425. The number of rotatable bonds is 5. The number of amides is 1. The van der Waals surface area contributed by atoms with E-state index in [1.54, 1.807) is 20.9 Å². The number of carboxylic acid groups (broad SMARTS) is 1. The van der Waals surface area contributed by atoms with Gasteiger partial charge in [0.2, 0.25) is 5.91 Å². The van der Waals surface area contributed by atoms with E-state index in [1.165, 1.54) is 0 Å². The van der Waals surface area contributed by atoms with Crippen LogP contribution in [0.15, 0.2) is 0 Å². The third-order valence-electron chi connectivity index (χ3n) is 1.82. The summed E-state index contributed by atoms with van der Waals surface area (Å²) in [6, 6.07) is 0. The zero-order valence-electron chi connectivity index (χ0n) is 8.18. The lowest BCUT2D eigenvalue weighted by Gasteiger charge is -2.22. The average Bonchev–Trinajstić information content (AvgIpc) is 2.03. The van der Waals surface area contributed by atoms with Gasteiger partial charge in [-0.25, -0.2) is 0 Å². The van der Waals surface area contributed by atoms with Crippen LogP contribution in [0.4, 0.5) is 0 Å². The highest BCUT2D eigenvalue weighted by Crippen LogP contribution is 1.99. The van der Waals surface area contributed by atoms with E-state index in [4.69, 9.17) is 5.11 Å². The summed E-state index contributed by atoms with van der Waals surface area (Å²) < 4.78 is 0. The lowest BCUT2D eigenvalue weighted by atomic mass is 10.1. The topological polar surface area (TPSA) is 78.4 Å². The molecule has 1 amide bonds. The first-order valence-electron chi connectivity index (χ1n) is 4.09. The van der Waals surface area contributed by atoms with Crippen molar-refractivity contribution in [2.45, 2.75) is 25.8 Å². The van der Waals surface area contributed by atoms with E-state index < -0.39 is 11.5 Å². The molecule has 0 unspecified atom stereocenters. The van der Waals surface area contributed by atoms with Gasteiger partial charge in [-0.05, 0) is 20.9 Å². The fourth-order valence-corrected chi connectivity index (χ4v) is 0.617. The molecule has 0 bridgehead atoms. The summed E-state index contributed by atoms with van der Waals surface area (Å²) in [4.78, 5) is 21.4. The number of hydrogen-bond donors (Lipinski definition) is 3. The van der Waals surface area contributed by atoms with E-state index in [0.717, 1.165) is 0 Å². The highest BCUT2D eigenvalue weighted by molar-refractivity contribution is 5.85. The molecule has 0 spiro atoms. The van der Waals surface area contributed by atoms with E-state index >= 15 is 0 Å². The van der Waals surface area contributed by atoms with Gasteiger partial charge in [0.05, 0.1) is 12.0 Å². The molecule has 0 saturated carbocycles. The molecule has 0 rings (SSSR count). The first kappa shape index (κ1) is 11.9. The van der Waals surface area contributed by atoms with Crippen molar-refractivity contribution in [2.24, 2.45) is 0 Å². The Morgan fingerprint density at radius 2 is 1.92 bits per heavy atom. The van der Waals surface area contributed by atoms with Crippen LogP contribution in [-0.4, -0.2) is 36.1 Å². The van der Waals surface area contributed by atoms with Gasteiger partial charge in [0, 0.05) is 6.54 Å². The van der Waals surface area contributed by atoms with Crippen LogP contribution in [0, 0.1) is 0 Å². The predicted molar refractivity (Wildman–Crippen MR) is 48.4 cm³/mol. The SMILES string of the molecule is CNC(C)(C)C(=O)NCCC(=O)O. The molecule has 0 saturated heterocycles. The maximum atomic E-state index is 11.3. The summed E-state index contributed by atoms with van der Waals surface area (Å²) in [5.74, 6) is -1.11. The van der Waals surface area contributed by atoms with Crippen LogP contribution in [0.1, 0.15) is 20.3 Å². The molecule has 0 aromatic carbocycles. The third kappa shape index (κ3) is 4.47. The Kier molecular flexibility index (Phi) is 4.40. The summed E-state index contributed by atoms with van der Waals surface area (Å²) in [5.41, 5.74) is -0.654. The maximum absolute atomic E-state index is 11.3. The zero-order chi connectivity index (χ0) is 10.5. The van der Waals surface area contributed by atoms with Crippen LogP contribution in [0.25, 0.3) is 0 Å². The number of carboxylic acids is 1. The Morgan fingerprint density at radius 1 is 1.38 bits per heavy atom. The number of hydrogen-bond acceptors (Lipinski definition) is 3. The van der Waals surface area contributed by atoms with Gasteiger partial charge >= 0.3 is 5.97 Å². The second kappa shape index (κ2) is 4.81. The van der Waals surface area contributed by atoms with E-state index in [2.05, 4.69) is 10.6 Å². The van der Waals surface area contributed by atoms with Gasteiger partial charge in [0.15, 0.2) is 0 Å². The Bertz CT molecular complexity index is 202. The molecule has 5 nitrogen and oxygen atoms in total. The Hall–Kier alpha value is -1.10. The van der Waals surface area contributed by atoms with Crippen LogP contribution in [0.5, 0.6) is 0 Å². The van der Waals surface area contributed by atoms with Gasteiger partial charge in [0.25, 0.3) is 0 Å². The largest absolute Gasteiger partial charge is 0.481 e. The molecule has 0 radical (unpaired) electrons. The minimum atomic E-state index is -0.914. The number of carbonyl (C=O) groups is 2. The maximum Gasteiger partial charge on any atom is 0.305 e. The molecule has 0 aromatic heterocycles. The molecule has 0 aliphatic heterocycles. The standard InChI is InChI=1S/C8H16N2O3/c1-8(2,9-3)7(13)10-5-4-6(11)12/h9H,4-5H2,1-3H3,(H,10,13)(H,11,12). The molecule has 5 heteroatoms. The molecule has 0 atom stereocenters. The van der Waals surface area contributed by atoms with E-state index in [9.17, 15) is 9.59 Å².